The van der Waals surface area contributed by atoms with Crippen molar-refractivity contribution in [1.82, 2.24) is 9.97 Å². The number of carboxylic acid groups (broad SMARTS) is 1. The maximum Gasteiger partial charge on any atom is 0.303 e. The molecule has 0 aliphatic carbocycles. The van der Waals surface area contributed by atoms with Crippen molar-refractivity contribution in [3.8, 4) is 6.07 Å². The van der Waals surface area contributed by atoms with Crippen LogP contribution in [0.25, 0.3) is 16.6 Å². The maximum absolute atomic E-state index is 10.5. The SMILES string of the molecule is N#C/C(=C(/O)CCC(=O)O)c1nc2ccccc2[nH]1. The first-order valence-corrected chi connectivity index (χ1v) is 5.61. The third kappa shape index (κ3) is 2.72. The third-order valence-electron chi connectivity index (χ3n) is 2.60. The number of benzene rings is 1. The van der Waals surface area contributed by atoms with Crippen LogP contribution in [-0.2, 0) is 4.79 Å². The van der Waals surface area contributed by atoms with Gasteiger partial charge in [-0.05, 0) is 12.1 Å². The summed E-state index contributed by atoms with van der Waals surface area (Å²) in [5.41, 5.74) is 1.39. The number of aliphatic carboxylic acids is 1. The molecule has 0 aliphatic heterocycles. The van der Waals surface area contributed by atoms with Crippen LogP contribution in [0, 0.1) is 11.3 Å². The van der Waals surface area contributed by atoms with Gasteiger partial charge in [0.15, 0.2) is 5.82 Å². The van der Waals surface area contributed by atoms with Crippen LogP contribution >= 0.6 is 0 Å². The van der Waals surface area contributed by atoms with Gasteiger partial charge in [0.2, 0.25) is 0 Å². The second-order valence-electron chi connectivity index (χ2n) is 3.93. The first-order valence-electron chi connectivity index (χ1n) is 5.61. The van der Waals surface area contributed by atoms with Gasteiger partial charge in [-0.25, -0.2) is 4.98 Å². The molecule has 0 saturated carbocycles. The minimum atomic E-state index is -1.03. The topological polar surface area (TPSA) is 110 Å². The van der Waals surface area contributed by atoms with Crippen LogP contribution in [0.5, 0.6) is 0 Å². The van der Waals surface area contributed by atoms with Gasteiger partial charge in [0, 0.05) is 6.42 Å². The summed E-state index contributed by atoms with van der Waals surface area (Å²) in [6, 6.07) is 9.06. The molecule has 1 aromatic carbocycles. The Labute approximate surface area is 108 Å². The fourth-order valence-corrected chi connectivity index (χ4v) is 1.68. The van der Waals surface area contributed by atoms with E-state index in [1.807, 2.05) is 18.2 Å². The molecule has 0 spiro atoms. The lowest BCUT2D eigenvalue weighted by atomic mass is 10.1. The molecule has 1 heterocycles. The quantitative estimate of drug-likeness (QED) is 0.574. The molecule has 0 radical (unpaired) electrons. The molecule has 96 valence electrons. The first kappa shape index (κ1) is 12.6. The number of nitriles is 1. The second-order valence-corrected chi connectivity index (χ2v) is 3.93. The van der Waals surface area contributed by atoms with Crippen molar-refractivity contribution in [3.63, 3.8) is 0 Å². The minimum Gasteiger partial charge on any atom is -0.511 e. The lowest BCUT2D eigenvalue weighted by molar-refractivity contribution is -0.137. The molecule has 19 heavy (non-hydrogen) atoms. The average Bonchev–Trinajstić information content (AvgIpc) is 2.80. The molecule has 2 aromatic rings. The number of rotatable bonds is 4. The Kier molecular flexibility index (Phi) is 3.48. The van der Waals surface area contributed by atoms with Gasteiger partial charge in [0.1, 0.15) is 17.4 Å². The number of fused-ring (bicyclic) bond motifs is 1. The van der Waals surface area contributed by atoms with Crippen molar-refractivity contribution >= 4 is 22.6 Å². The molecule has 0 unspecified atom stereocenters. The normalized spacial score (nSPS) is 11.9. The Balaban J connectivity index is 2.38. The number of carbonyl (C=O) groups is 1. The van der Waals surface area contributed by atoms with Crippen molar-refractivity contribution in [2.45, 2.75) is 12.8 Å². The van der Waals surface area contributed by atoms with E-state index >= 15 is 0 Å². The van der Waals surface area contributed by atoms with Gasteiger partial charge in [-0.1, -0.05) is 12.1 Å². The number of nitrogens with one attached hydrogen (secondary N) is 1. The number of imidazole rings is 1. The van der Waals surface area contributed by atoms with Crippen LogP contribution < -0.4 is 0 Å². The lowest BCUT2D eigenvalue weighted by Crippen LogP contribution is -1.98. The number of hydrogen-bond donors (Lipinski definition) is 3. The van der Waals surface area contributed by atoms with Crippen LogP contribution in [-0.4, -0.2) is 26.2 Å². The molecule has 1 aromatic heterocycles. The maximum atomic E-state index is 10.5. The van der Waals surface area contributed by atoms with Gasteiger partial charge in [0.25, 0.3) is 0 Å². The molecule has 6 nitrogen and oxygen atoms in total. The molecular weight excluding hydrogens is 246 g/mol. The Morgan fingerprint density at radius 2 is 2.05 bits per heavy atom. The fourth-order valence-electron chi connectivity index (χ4n) is 1.68. The van der Waals surface area contributed by atoms with E-state index < -0.39 is 5.97 Å². The summed E-state index contributed by atoms with van der Waals surface area (Å²) in [6.07, 6.45) is -0.341. The number of carboxylic acids is 1. The van der Waals surface area contributed by atoms with Crippen molar-refractivity contribution in [2.75, 3.05) is 0 Å². The molecule has 6 heteroatoms. The number of allylic oxidation sites excluding steroid dienone is 2. The predicted octanol–water partition coefficient (Wildman–Crippen LogP) is 2.22. The van der Waals surface area contributed by atoms with Gasteiger partial charge in [-0.2, -0.15) is 5.26 Å². The van der Waals surface area contributed by atoms with Crippen molar-refractivity contribution in [2.24, 2.45) is 0 Å². The number of H-pyrrole nitrogens is 1. The highest BCUT2D eigenvalue weighted by molar-refractivity contribution is 5.82. The van der Waals surface area contributed by atoms with Crippen molar-refractivity contribution < 1.29 is 15.0 Å². The molecule has 0 atom stereocenters. The highest BCUT2D eigenvalue weighted by Crippen LogP contribution is 2.20. The van der Waals surface area contributed by atoms with Crippen LogP contribution in [0.1, 0.15) is 18.7 Å². The predicted molar refractivity (Wildman–Crippen MR) is 68.1 cm³/mol. The van der Waals surface area contributed by atoms with E-state index in [0.29, 0.717) is 5.52 Å². The van der Waals surface area contributed by atoms with Gasteiger partial charge in [0.05, 0.1) is 17.5 Å². The number of aromatic amines is 1. The van der Waals surface area contributed by atoms with Crippen LogP contribution in [0.15, 0.2) is 30.0 Å². The fraction of sp³-hybridized carbons (Fsp3) is 0.154. The monoisotopic (exact) mass is 257 g/mol. The number of para-hydroxylation sites is 2. The van der Waals surface area contributed by atoms with Crippen LogP contribution in [0.3, 0.4) is 0 Å². The van der Waals surface area contributed by atoms with Gasteiger partial charge >= 0.3 is 5.97 Å². The molecule has 0 bridgehead atoms. The van der Waals surface area contributed by atoms with Gasteiger partial charge < -0.3 is 15.2 Å². The molecule has 0 fully saturated rings. The Bertz CT molecular complexity index is 661. The standard InChI is InChI=1S/C13H11N3O3/c14-7-8(11(17)5-6-12(18)19)13-15-9-3-1-2-4-10(9)16-13/h1-4,17H,5-6H2,(H,15,16)(H,18,19)/b11-8-. The van der Waals surface area contributed by atoms with E-state index in [9.17, 15) is 9.90 Å². The summed E-state index contributed by atoms with van der Waals surface area (Å²) < 4.78 is 0. The van der Waals surface area contributed by atoms with Crippen molar-refractivity contribution in [3.05, 3.63) is 35.8 Å². The zero-order valence-corrected chi connectivity index (χ0v) is 9.92. The summed E-state index contributed by atoms with van der Waals surface area (Å²) >= 11 is 0. The first-order chi connectivity index (χ1) is 9.11. The van der Waals surface area contributed by atoms with E-state index in [-0.39, 0.29) is 30.0 Å². The molecule has 0 amide bonds. The van der Waals surface area contributed by atoms with Gasteiger partial charge in [-0.15, -0.1) is 0 Å². The molecule has 0 saturated heterocycles. The van der Waals surface area contributed by atoms with E-state index in [1.54, 1.807) is 12.1 Å². The average molecular weight is 257 g/mol. The van der Waals surface area contributed by atoms with E-state index in [0.717, 1.165) is 5.52 Å². The Morgan fingerprint density at radius 3 is 2.68 bits per heavy atom. The Hall–Kier alpha value is -2.81. The highest BCUT2D eigenvalue weighted by atomic mass is 16.4. The summed E-state index contributed by atoms with van der Waals surface area (Å²) in [5.74, 6) is -1.07. The number of aliphatic hydroxyl groups is 1. The summed E-state index contributed by atoms with van der Waals surface area (Å²) in [6.45, 7) is 0. The number of nitrogens with zero attached hydrogens (tertiary/aromatic N) is 2. The molecule has 2 rings (SSSR count). The van der Waals surface area contributed by atoms with E-state index in [2.05, 4.69) is 9.97 Å². The third-order valence-corrected chi connectivity index (χ3v) is 2.60. The second kappa shape index (κ2) is 5.23. The highest BCUT2D eigenvalue weighted by Gasteiger charge is 2.13. The summed E-state index contributed by atoms with van der Waals surface area (Å²) in [5, 5.41) is 27.4. The van der Waals surface area contributed by atoms with Crippen LogP contribution in [0.2, 0.25) is 0 Å². The Morgan fingerprint density at radius 1 is 1.32 bits per heavy atom. The van der Waals surface area contributed by atoms with Crippen molar-refractivity contribution in [1.29, 1.82) is 5.26 Å². The van der Waals surface area contributed by atoms with E-state index in [1.165, 1.54) is 0 Å². The lowest BCUT2D eigenvalue weighted by Gasteiger charge is -1.99. The van der Waals surface area contributed by atoms with Crippen LogP contribution in [0.4, 0.5) is 0 Å². The number of aromatic nitrogens is 2. The largest absolute Gasteiger partial charge is 0.511 e. The van der Waals surface area contributed by atoms with E-state index in [4.69, 9.17) is 10.4 Å². The molecular formula is C13H11N3O3. The smallest absolute Gasteiger partial charge is 0.303 e. The zero-order valence-electron chi connectivity index (χ0n) is 9.92. The van der Waals surface area contributed by atoms with Gasteiger partial charge in [-0.3, -0.25) is 4.79 Å². The zero-order chi connectivity index (χ0) is 13.8. The molecule has 3 N–H and O–H groups in total. The summed E-state index contributed by atoms with van der Waals surface area (Å²) in [4.78, 5) is 17.6. The minimum absolute atomic E-state index is 0.0301. The summed E-state index contributed by atoms with van der Waals surface area (Å²) in [7, 11) is 0. The number of aliphatic hydroxyl groups excluding tert-OH is 1. The number of hydrogen-bond acceptors (Lipinski definition) is 4. The molecule has 0 aliphatic rings.